The fraction of sp³-hybridized carbons (Fsp3) is 0.143. The molecule has 216 valence electrons. The molecule has 3 heteroatoms. The van der Waals surface area contributed by atoms with Crippen LogP contribution in [0.1, 0.15) is 27.7 Å². The van der Waals surface area contributed by atoms with E-state index >= 15 is 0 Å². The van der Waals surface area contributed by atoms with E-state index < -0.39 is 18.3 Å². The third-order valence-corrected chi connectivity index (χ3v) is 10.4. The minimum absolute atomic E-state index is 0.415. The zero-order valence-corrected chi connectivity index (χ0v) is 26.0. The first kappa shape index (κ1) is 26.7. The smallest absolute Gasteiger partial charge is 0.399 e. The van der Waals surface area contributed by atoms with Crippen molar-refractivity contribution in [1.82, 2.24) is 0 Å². The van der Waals surface area contributed by atoms with Crippen LogP contribution in [0.3, 0.4) is 0 Å². The molecule has 45 heavy (non-hydrogen) atoms. The molecule has 0 aromatic heterocycles. The first-order valence-electron chi connectivity index (χ1n) is 15.9. The standard InChI is InChI=1S/C42H33BO2/c1-41(2)42(3,4)45-43(44-41)29-22-23-32-34(25-29)37(27-16-9-6-10-17-27)39-33-21-13-20-31-30-19-12-11-18-28(30)24-35(38(31)33)40(39)36(32)26-14-7-5-8-15-26/h5-25H,1-4H3. The highest BCUT2D eigenvalue weighted by molar-refractivity contribution is 6.62. The first-order chi connectivity index (χ1) is 21.8. The van der Waals surface area contributed by atoms with Crippen LogP contribution in [0.5, 0.6) is 0 Å². The number of fused-ring (bicyclic) bond motifs is 6. The summed E-state index contributed by atoms with van der Waals surface area (Å²) in [5.41, 5.74) is 10.4. The molecule has 1 heterocycles. The average Bonchev–Trinajstić information content (AvgIpc) is 3.49. The lowest BCUT2D eigenvalue weighted by molar-refractivity contribution is 0.00578. The van der Waals surface area contributed by atoms with Gasteiger partial charge in [0.1, 0.15) is 0 Å². The van der Waals surface area contributed by atoms with Gasteiger partial charge in [0.05, 0.1) is 11.2 Å². The van der Waals surface area contributed by atoms with Crippen molar-refractivity contribution in [2.75, 3.05) is 0 Å². The molecule has 1 aliphatic carbocycles. The van der Waals surface area contributed by atoms with Crippen LogP contribution in [-0.4, -0.2) is 18.3 Å². The molecule has 1 aliphatic heterocycles. The van der Waals surface area contributed by atoms with E-state index in [1.807, 2.05) is 0 Å². The Labute approximate surface area is 264 Å². The highest BCUT2D eigenvalue weighted by atomic mass is 16.7. The summed E-state index contributed by atoms with van der Waals surface area (Å²) in [6, 6.07) is 46.7. The molecular weight excluding hydrogens is 547 g/mol. The van der Waals surface area contributed by atoms with E-state index in [2.05, 4.69) is 155 Å². The van der Waals surface area contributed by atoms with Crippen molar-refractivity contribution in [1.29, 1.82) is 0 Å². The Morgan fingerprint density at radius 2 is 1.02 bits per heavy atom. The highest BCUT2D eigenvalue weighted by Gasteiger charge is 2.51. The van der Waals surface area contributed by atoms with Gasteiger partial charge < -0.3 is 9.31 Å². The van der Waals surface area contributed by atoms with Gasteiger partial charge in [-0.05, 0) is 116 Å². The van der Waals surface area contributed by atoms with Gasteiger partial charge in [-0.1, -0.05) is 121 Å². The minimum Gasteiger partial charge on any atom is -0.399 e. The fourth-order valence-electron chi connectivity index (χ4n) is 7.55. The summed E-state index contributed by atoms with van der Waals surface area (Å²) in [5.74, 6) is 0. The van der Waals surface area contributed by atoms with Gasteiger partial charge in [-0.25, -0.2) is 0 Å². The van der Waals surface area contributed by atoms with Crippen molar-refractivity contribution in [2.45, 2.75) is 38.9 Å². The predicted molar refractivity (Wildman–Crippen MR) is 190 cm³/mol. The van der Waals surface area contributed by atoms with E-state index in [-0.39, 0.29) is 0 Å². The molecule has 0 spiro atoms. The summed E-state index contributed by atoms with van der Waals surface area (Å²) in [6.45, 7) is 8.47. The summed E-state index contributed by atoms with van der Waals surface area (Å²) >= 11 is 0. The highest BCUT2D eigenvalue weighted by Crippen LogP contribution is 2.58. The maximum atomic E-state index is 6.57. The SMILES string of the molecule is CC1(C)OB(c2ccc3c(-c4ccccc4)c4c(c(-c5ccccc5)c3c2)-c2cccc3c2c-4cc2ccccc23)OC1(C)C. The Kier molecular flexibility index (Phi) is 5.58. The van der Waals surface area contributed by atoms with Gasteiger partial charge in [0.2, 0.25) is 0 Å². The first-order valence-corrected chi connectivity index (χ1v) is 15.9. The van der Waals surface area contributed by atoms with Gasteiger partial charge in [0.25, 0.3) is 0 Å². The van der Waals surface area contributed by atoms with Crippen LogP contribution in [0.25, 0.3) is 76.8 Å². The molecule has 7 aromatic carbocycles. The summed E-state index contributed by atoms with van der Waals surface area (Å²) in [5, 5.41) is 7.63. The van der Waals surface area contributed by atoms with E-state index in [1.54, 1.807) is 0 Å². The molecule has 0 unspecified atom stereocenters. The molecule has 0 atom stereocenters. The van der Waals surface area contributed by atoms with Crippen LogP contribution in [0, 0.1) is 0 Å². The molecule has 0 radical (unpaired) electrons. The molecular formula is C42H33BO2. The van der Waals surface area contributed by atoms with Gasteiger partial charge in [-0.2, -0.15) is 0 Å². The van der Waals surface area contributed by atoms with Crippen molar-refractivity contribution < 1.29 is 9.31 Å². The average molecular weight is 581 g/mol. The summed E-state index contributed by atoms with van der Waals surface area (Å²) in [6.07, 6.45) is 0. The van der Waals surface area contributed by atoms with Crippen LogP contribution in [0.4, 0.5) is 0 Å². The molecule has 0 saturated carbocycles. The monoisotopic (exact) mass is 580 g/mol. The number of hydrogen-bond donors (Lipinski definition) is 0. The Morgan fingerprint density at radius 3 is 1.71 bits per heavy atom. The van der Waals surface area contributed by atoms with Gasteiger partial charge in [-0.3, -0.25) is 0 Å². The van der Waals surface area contributed by atoms with Gasteiger partial charge in [-0.15, -0.1) is 0 Å². The lowest BCUT2D eigenvalue weighted by Crippen LogP contribution is -2.41. The van der Waals surface area contributed by atoms with Crippen LogP contribution in [0.15, 0.2) is 127 Å². The molecule has 1 saturated heterocycles. The maximum Gasteiger partial charge on any atom is 0.494 e. The van der Waals surface area contributed by atoms with Crippen LogP contribution >= 0.6 is 0 Å². The minimum atomic E-state index is -0.442. The van der Waals surface area contributed by atoms with Crippen molar-refractivity contribution in [3.05, 3.63) is 127 Å². The zero-order chi connectivity index (χ0) is 30.5. The molecule has 0 N–H and O–H groups in total. The van der Waals surface area contributed by atoms with E-state index in [4.69, 9.17) is 9.31 Å². The van der Waals surface area contributed by atoms with Gasteiger partial charge >= 0.3 is 7.12 Å². The summed E-state index contributed by atoms with van der Waals surface area (Å²) in [4.78, 5) is 0. The summed E-state index contributed by atoms with van der Waals surface area (Å²) in [7, 11) is -0.442. The van der Waals surface area contributed by atoms with E-state index in [9.17, 15) is 0 Å². The molecule has 2 aliphatic rings. The Balaban J connectivity index is 1.46. The molecule has 0 bridgehead atoms. The lowest BCUT2D eigenvalue weighted by Gasteiger charge is -2.32. The van der Waals surface area contributed by atoms with Crippen molar-refractivity contribution in [2.24, 2.45) is 0 Å². The third kappa shape index (κ3) is 3.78. The summed E-state index contributed by atoms with van der Waals surface area (Å²) < 4.78 is 13.1. The van der Waals surface area contributed by atoms with Crippen molar-refractivity contribution >= 4 is 44.9 Å². The largest absolute Gasteiger partial charge is 0.494 e. The fourth-order valence-corrected chi connectivity index (χ4v) is 7.55. The van der Waals surface area contributed by atoms with Crippen molar-refractivity contribution in [3.8, 4) is 44.5 Å². The Morgan fingerprint density at radius 1 is 0.444 bits per heavy atom. The topological polar surface area (TPSA) is 18.5 Å². The second-order valence-corrected chi connectivity index (χ2v) is 13.5. The molecule has 2 nitrogen and oxygen atoms in total. The Hall–Kier alpha value is -4.70. The van der Waals surface area contributed by atoms with Gasteiger partial charge in [0, 0.05) is 0 Å². The van der Waals surface area contributed by atoms with Gasteiger partial charge in [0.15, 0.2) is 0 Å². The number of benzene rings is 7. The van der Waals surface area contributed by atoms with Crippen LogP contribution in [0.2, 0.25) is 0 Å². The second-order valence-electron chi connectivity index (χ2n) is 13.5. The lowest BCUT2D eigenvalue weighted by atomic mass is 9.75. The van der Waals surface area contributed by atoms with E-state index in [0.29, 0.717) is 0 Å². The number of hydrogen-bond acceptors (Lipinski definition) is 2. The molecule has 7 aromatic rings. The van der Waals surface area contributed by atoms with Crippen LogP contribution in [-0.2, 0) is 9.31 Å². The number of rotatable bonds is 3. The zero-order valence-electron chi connectivity index (χ0n) is 26.0. The van der Waals surface area contributed by atoms with Crippen molar-refractivity contribution in [3.63, 3.8) is 0 Å². The Bertz CT molecular complexity index is 2300. The molecule has 9 rings (SSSR count). The molecule has 1 fully saturated rings. The predicted octanol–water partition coefficient (Wildman–Crippen LogP) is 10.4. The molecule has 0 amide bonds. The quantitative estimate of drug-likeness (QED) is 0.153. The maximum absolute atomic E-state index is 6.57. The van der Waals surface area contributed by atoms with E-state index in [1.165, 1.54) is 76.8 Å². The van der Waals surface area contributed by atoms with Crippen LogP contribution < -0.4 is 5.46 Å². The third-order valence-electron chi connectivity index (χ3n) is 10.4. The normalized spacial score (nSPS) is 16.1. The van der Waals surface area contributed by atoms with E-state index in [0.717, 1.165) is 5.46 Å². The second kappa shape index (κ2) is 9.41.